The number of hydrogen-bond acceptors (Lipinski definition) is 4. The number of pyridine rings is 1. The van der Waals surface area contributed by atoms with Crippen LogP contribution in [0.2, 0.25) is 0 Å². The summed E-state index contributed by atoms with van der Waals surface area (Å²) in [6, 6.07) is 20.2. The predicted molar refractivity (Wildman–Crippen MR) is 92.7 cm³/mol. The number of fused-ring (bicyclic) bond motifs is 1. The minimum atomic E-state index is 0.624. The molecule has 22 heavy (non-hydrogen) atoms. The Morgan fingerprint density at radius 1 is 0.955 bits per heavy atom. The zero-order valence-corrected chi connectivity index (χ0v) is 13.5. The molecule has 1 heterocycles. The number of rotatable bonds is 5. The van der Waals surface area contributed by atoms with E-state index < -0.39 is 0 Å². The maximum Gasteiger partial charge on any atom is 0.220 e. The second-order valence-corrected chi connectivity index (χ2v) is 6.24. The van der Waals surface area contributed by atoms with E-state index in [1.807, 2.05) is 56.6 Å². The minimum absolute atomic E-state index is 0.624. The molecule has 0 aliphatic heterocycles. The Hall–Kier alpha value is -2.04. The van der Waals surface area contributed by atoms with Crippen LogP contribution in [0.3, 0.4) is 0 Å². The van der Waals surface area contributed by atoms with Gasteiger partial charge in [0.05, 0.1) is 5.88 Å². The Morgan fingerprint density at radius 2 is 1.77 bits per heavy atom. The highest BCUT2D eigenvalue weighted by Crippen LogP contribution is 2.26. The van der Waals surface area contributed by atoms with E-state index in [4.69, 9.17) is 4.74 Å². The Labute approximate surface area is 134 Å². The molecule has 0 aliphatic rings. The number of nitrogens with zero attached hydrogens (tertiary/aromatic N) is 2. The first-order valence-electron chi connectivity index (χ1n) is 7.12. The highest BCUT2D eigenvalue weighted by molar-refractivity contribution is 7.99. The average Bonchev–Trinajstić information content (AvgIpc) is 2.53. The summed E-state index contributed by atoms with van der Waals surface area (Å²) in [6.07, 6.45) is 0. The lowest BCUT2D eigenvalue weighted by atomic mass is 10.1. The van der Waals surface area contributed by atoms with Gasteiger partial charge in [-0.15, -0.1) is 0 Å². The third kappa shape index (κ3) is 3.78. The molecule has 112 valence electrons. The monoisotopic (exact) mass is 310 g/mol. The van der Waals surface area contributed by atoms with Crippen molar-refractivity contribution in [1.82, 2.24) is 9.88 Å². The summed E-state index contributed by atoms with van der Waals surface area (Å²) < 4.78 is 5.90. The van der Waals surface area contributed by atoms with E-state index in [0.717, 1.165) is 22.0 Å². The Bertz CT molecular complexity index is 774. The van der Waals surface area contributed by atoms with Crippen molar-refractivity contribution >= 4 is 22.5 Å². The van der Waals surface area contributed by atoms with Gasteiger partial charge in [0.25, 0.3) is 0 Å². The van der Waals surface area contributed by atoms with Crippen molar-refractivity contribution in [3.8, 4) is 11.6 Å². The SMILES string of the molecule is CN(C)CSc1cccc(Oc2ccc3ccccc3c2)n1. The summed E-state index contributed by atoms with van der Waals surface area (Å²) in [4.78, 5) is 6.65. The van der Waals surface area contributed by atoms with Crippen LogP contribution in [-0.2, 0) is 0 Å². The fourth-order valence-electron chi connectivity index (χ4n) is 2.08. The summed E-state index contributed by atoms with van der Waals surface area (Å²) in [7, 11) is 4.09. The molecule has 1 aromatic heterocycles. The first-order chi connectivity index (χ1) is 10.7. The molecule has 2 aromatic carbocycles. The van der Waals surface area contributed by atoms with Gasteiger partial charge in [-0.2, -0.15) is 0 Å². The zero-order chi connectivity index (χ0) is 15.4. The van der Waals surface area contributed by atoms with E-state index in [1.165, 1.54) is 5.39 Å². The van der Waals surface area contributed by atoms with Crippen LogP contribution in [0.25, 0.3) is 10.8 Å². The quantitative estimate of drug-likeness (QED) is 0.506. The second kappa shape index (κ2) is 6.81. The normalized spacial score (nSPS) is 11.0. The van der Waals surface area contributed by atoms with E-state index >= 15 is 0 Å². The molecule has 0 amide bonds. The number of thioether (sulfide) groups is 1. The molecule has 4 heteroatoms. The topological polar surface area (TPSA) is 25.4 Å². The summed E-state index contributed by atoms with van der Waals surface area (Å²) >= 11 is 1.69. The molecule has 0 unspecified atom stereocenters. The molecular formula is C18H18N2OS. The average molecular weight is 310 g/mol. The molecule has 0 saturated heterocycles. The van der Waals surface area contributed by atoms with Crippen LogP contribution in [0.5, 0.6) is 11.6 Å². The van der Waals surface area contributed by atoms with Crippen LogP contribution in [-0.4, -0.2) is 29.9 Å². The van der Waals surface area contributed by atoms with Gasteiger partial charge in [-0.05, 0) is 43.1 Å². The van der Waals surface area contributed by atoms with Gasteiger partial charge in [0, 0.05) is 6.07 Å². The molecule has 0 radical (unpaired) electrons. The van der Waals surface area contributed by atoms with Crippen molar-refractivity contribution in [3.05, 3.63) is 60.7 Å². The van der Waals surface area contributed by atoms with E-state index in [-0.39, 0.29) is 0 Å². The lowest BCUT2D eigenvalue weighted by molar-refractivity contribution is 0.458. The fraction of sp³-hybridized carbons (Fsp3) is 0.167. The van der Waals surface area contributed by atoms with Gasteiger partial charge in [-0.1, -0.05) is 48.2 Å². The molecule has 0 fully saturated rings. The van der Waals surface area contributed by atoms with Crippen LogP contribution in [0.1, 0.15) is 0 Å². The van der Waals surface area contributed by atoms with E-state index in [9.17, 15) is 0 Å². The molecule has 0 saturated carbocycles. The summed E-state index contributed by atoms with van der Waals surface area (Å²) in [5.41, 5.74) is 0. The third-order valence-corrected chi connectivity index (χ3v) is 4.28. The Balaban J connectivity index is 1.77. The van der Waals surface area contributed by atoms with Crippen molar-refractivity contribution in [1.29, 1.82) is 0 Å². The Kier molecular flexibility index (Phi) is 4.61. The molecular weight excluding hydrogens is 292 g/mol. The molecule has 0 N–H and O–H groups in total. The van der Waals surface area contributed by atoms with Gasteiger partial charge >= 0.3 is 0 Å². The number of ether oxygens (including phenoxy) is 1. The van der Waals surface area contributed by atoms with Gasteiger partial charge < -0.3 is 4.74 Å². The van der Waals surface area contributed by atoms with Crippen LogP contribution in [0.15, 0.2) is 65.7 Å². The van der Waals surface area contributed by atoms with Crippen molar-refractivity contribution in [2.75, 3.05) is 20.0 Å². The molecule has 0 atom stereocenters. The molecule has 3 aromatic rings. The number of hydrogen-bond donors (Lipinski definition) is 0. The van der Waals surface area contributed by atoms with E-state index in [2.05, 4.69) is 28.1 Å². The smallest absolute Gasteiger partial charge is 0.220 e. The summed E-state index contributed by atoms with van der Waals surface area (Å²) in [6.45, 7) is 0. The molecule has 0 aliphatic carbocycles. The minimum Gasteiger partial charge on any atom is -0.439 e. The Morgan fingerprint density at radius 3 is 2.59 bits per heavy atom. The lowest BCUT2D eigenvalue weighted by Crippen LogP contribution is -2.09. The van der Waals surface area contributed by atoms with Gasteiger partial charge in [0.2, 0.25) is 5.88 Å². The highest BCUT2D eigenvalue weighted by Gasteiger charge is 2.03. The standard InChI is InChI=1S/C18H18N2OS/c1-20(2)13-22-18-9-5-8-17(19-18)21-16-11-10-14-6-3-4-7-15(14)12-16/h3-12H,13H2,1-2H3. The fourth-order valence-corrected chi connectivity index (χ4v) is 2.80. The van der Waals surface area contributed by atoms with Crippen molar-refractivity contribution in [3.63, 3.8) is 0 Å². The molecule has 3 rings (SSSR count). The zero-order valence-electron chi connectivity index (χ0n) is 12.7. The van der Waals surface area contributed by atoms with Crippen molar-refractivity contribution in [2.24, 2.45) is 0 Å². The molecule has 0 bridgehead atoms. The maximum absolute atomic E-state index is 5.90. The van der Waals surface area contributed by atoms with Gasteiger partial charge in [-0.3, -0.25) is 4.90 Å². The summed E-state index contributed by atoms with van der Waals surface area (Å²) in [5.74, 6) is 2.33. The number of benzene rings is 2. The van der Waals surface area contributed by atoms with Gasteiger partial charge in [-0.25, -0.2) is 4.98 Å². The van der Waals surface area contributed by atoms with E-state index in [1.54, 1.807) is 11.8 Å². The molecule has 0 spiro atoms. The van der Waals surface area contributed by atoms with Crippen LogP contribution < -0.4 is 4.74 Å². The maximum atomic E-state index is 5.90. The summed E-state index contributed by atoms with van der Waals surface area (Å²) in [5, 5.41) is 3.34. The van der Waals surface area contributed by atoms with Gasteiger partial charge in [0.1, 0.15) is 10.8 Å². The number of aromatic nitrogens is 1. The van der Waals surface area contributed by atoms with Crippen molar-refractivity contribution in [2.45, 2.75) is 5.03 Å². The second-order valence-electron chi connectivity index (χ2n) is 5.28. The molecule has 3 nitrogen and oxygen atoms in total. The lowest BCUT2D eigenvalue weighted by Gasteiger charge is -2.10. The third-order valence-electron chi connectivity index (χ3n) is 3.11. The van der Waals surface area contributed by atoms with E-state index in [0.29, 0.717) is 5.88 Å². The van der Waals surface area contributed by atoms with Crippen molar-refractivity contribution < 1.29 is 4.74 Å². The predicted octanol–water partition coefficient (Wildman–Crippen LogP) is 4.64. The van der Waals surface area contributed by atoms with Crippen LogP contribution in [0, 0.1) is 0 Å². The highest BCUT2D eigenvalue weighted by atomic mass is 32.2. The first-order valence-corrected chi connectivity index (χ1v) is 8.10. The van der Waals surface area contributed by atoms with Gasteiger partial charge in [0.15, 0.2) is 0 Å². The van der Waals surface area contributed by atoms with Crippen LogP contribution >= 0.6 is 11.8 Å². The largest absolute Gasteiger partial charge is 0.439 e. The first kappa shape index (κ1) is 14.9. The van der Waals surface area contributed by atoms with Crippen LogP contribution in [0.4, 0.5) is 0 Å².